The van der Waals surface area contributed by atoms with E-state index in [-0.39, 0.29) is 0 Å². The summed E-state index contributed by atoms with van der Waals surface area (Å²) in [5.41, 5.74) is 6.20. The Bertz CT molecular complexity index is 517. The maximum Gasteiger partial charge on any atom is 0.320 e. The van der Waals surface area contributed by atoms with E-state index in [2.05, 4.69) is 31.4 Å². The molecule has 2 rings (SSSR count). The van der Waals surface area contributed by atoms with Gasteiger partial charge in [-0.05, 0) is 34.1 Å². The van der Waals surface area contributed by atoms with Crippen molar-refractivity contribution in [2.45, 2.75) is 6.42 Å². The maximum atomic E-state index is 5.84. The zero-order chi connectivity index (χ0) is 12.3. The van der Waals surface area contributed by atoms with Gasteiger partial charge in [0.2, 0.25) is 5.89 Å². The molecule has 0 unspecified atom stereocenters. The first-order valence-corrected chi connectivity index (χ1v) is 6.10. The Kier molecular flexibility index (Phi) is 3.98. The van der Waals surface area contributed by atoms with Gasteiger partial charge in [0.25, 0.3) is 0 Å². The van der Waals surface area contributed by atoms with Gasteiger partial charge in [0, 0.05) is 22.5 Å². The van der Waals surface area contributed by atoms with E-state index in [0.717, 1.165) is 10.2 Å². The molecule has 0 amide bonds. The van der Waals surface area contributed by atoms with Crippen LogP contribution in [-0.4, -0.2) is 16.7 Å². The maximum absolute atomic E-state index is 5.84. The van der Waals surface area contributed by atoms with Gasteiger partial charge in [-0.1, -0.05) is 16.7 Å². The Morgan fingerprint density at radius 3 is 2.94 bits per heavy atom. The van der Waals surface area contributed by atoms with Crippen LogP contribution in [0.3, 0.4) is 0 Å². The fourth-order valence-corrected chi connectivity index (χ4v) is 2.02. The molecule has 0 fully saturated rings. The molecule has 0 atom stereocenters. The number of aromatic nitrogens is 2. The second kappa shape index (κ2) is 5.48. The smallest absolute Gasteiger partial charge is 0.320 e. The molecule has 1 heterocycles. The van der Waals surface area contributed by atoms with E-state index in [1.807, 2.05) is 6.07 Å². The van der Waals surface area contributed by atoms with Crippen molar-refractivity contribution in [1.82, 2.24) is 10.2 Å². The first kappa shape index (κ1) is 12.3. The third kappa shape index (κ3) is 3.18. The van der Waals surface area contributed by atoms with Gasteiger partial charge in [0.05, 0.1) is 5.69 Å². The molecule has 0 saturated carbocycles. The molecular weight excluding hydrogens is 307 g/mol. The van der Waals surface area contributed by atoms with Crippen LogP contribution in [-0.2, 0) is 6.42 Å². The van der Waals surface area contributed by atoms with Crippen LogP contribution in [0.2, 0.25) is 5.02 Å². The fraction of sp³-hybridized carbons (Fsp3) is 0.200. The standard InChI is InChI=1S/C10H10BrClN4O/c11-7-5-6(12)1-2-8(7)14-10-16-15-9(17-10)3-4-13/h1-2,5H,3-4,13H2,(H,14,16). The number of nitrogens with one attached hydrogen (secondary N) is 1. The van der Waals surface area contributed by atoms with Crippen molar-refractivity contribution in [3.63, 3.8) is 0 Å². The molecule has 2 aromatic rings. The molecule has 0 radical (unpaired) electrons. The van der Waals surface area contributed by atoms with Crippen molar-refractivity contribution in [1.29, 1.82) is 0 Å². The van der Waals surface area contributed by atoms with Crippen LogP contribution in [0.15, 0.2) is 27.1 Å². The van der Waals surface area contributed by atoms with E-state index in [1.165, 1.54) is 0 Å². The average molecular weight is 318 g/mol. The summed E-state index contributed by atoms with van der Waals surface area (Å²) in [6, 6.07) is 5.70. The minimum Gasteiger partial charge on any atom is -0.408 e. The highest BCUT2D eigenvalue weighted by Gasteiger charge is 2.07. The Balaban J connectivity index is 2.13. The first-order valence-electron chi connectivity index (χ1n) is 4.93. The third-order valence-electron chi connectivity index (χ3n) is 2.00. The Morgan fingerprint density at radius 1 is 1.41 bits per heavy atom. The van der Waals surface area contributed by atoms with E-state index in [1.54, 1.807) is 12.1 Å². The van der Waals surface area contributed by atoms with Crippen LogP contribution >= 0.6 is 27.5 Å². The van der Waals surface area contributed by atoms with Crippen molar-refractivity contribution >= 4 is 39.2 Å². The number of anilines is 2. The average Bonchev–Trinajstić information content (AvgIpc) is 2.71. The molecule has 0 aliphatic carbocycles. The molecule has 5 nitrogen and oxygen atoms in total. The monoisotopic (exact) mass is 316 g/mol. The molecule has 0 bridgehead atoms. The van der Waals surface area contributed by atoms with E-state index < -0.39 is 0 Å². The zero-order valence-electron chi connectivity index (χ0n) is 8.78. The second-order valence-electron chi connectivity index (χ2n) is 3.29. The molecule has 1 aromatic carbocycles. The first-order chi connectivity index (χ1) is 8.19. The van der Waals surface area contributed by atoms with E-state index in [0.29, 0.717) is 29.9 Å². The van der Waals surface area contributed by atoms with Crippen molar-refractivity contribution in [3.05, 3.63) is 33.6 Å². The normalized spacial score (nSPS) is 10.5. The van der Waals surface area contributed by atoms with Gasteiger partial charge in [-0.15, -0.1) is 5.10 Å². The number of nitrogens with two attached hydrogens (primary N) is 1. The molecule has 0 spiro atoms. The number of benzene rings is 1. The molecule has 0 aliphatic heterocycles. The molecule has 90 valence electrons. The summed E-state index contributed by atoms with van der Waals surface area (Å²) in [5.74, 6) is 0.514. The molecule has 0 aliphatic rings. The molecule has 3 N–H and O–H groups in total. The third-order valence-corrected chi connectivity index (χ3v) is 2.89. The van der Waals surface area contributed by atoms with Crippen LogP contribution in [0.1, 0.15) is 5.89 Å². The SMILES string of the molecule is NCCc1nnc(Nc2ccc(Cl)cc2Br)o1. The van der Waals surface area contributed by atoms with E-state index >= 15 is 0 Å². The van der Waals surface area contributed by atoms with Gasteiger partial charge in [0.1, 0.15) is 0 Å². The number of hydrogen-bond acceptors (Lipinski definition) is 5. The minimum absolute atomic E-state index is 0.330. The number of rotatable bonds is 4. The molecule has 7 heteroatoms. The van der Waals surface area contributed by atoms with Gasteiger partial charge in [0.15, 0.2) is 0 Å². The Morgan fingerprint density at radius 2 is 2.24 bits per heavy atom. The summed E-state index contributed by atoms with van der Waals surface area (Å²) < 4.78 is 6.17. The Labute approximate surface area is 111 Å². The summed E-state index contributed by atoms with van der Waals surface area (Å²) in [6.07, 6.45) is 0.566. The predicted molar refractivity (Wildman–Crippen MR) is 69.5 cm³/mol. The Hall–Kier alpha value is -1.11. The highest BCUT2D eigenvalue weighted by atomic mass is 79.9. The van der Waals surface area contributed by atoms with Crippen LogP contribution in [0.5, 0.6) is 0 Å². The van der Waals surface area contributed by atoms with Crippen molar-refractivity contribution < 1.29 is 4.42 Å². The summed E-state index contributed by atoms with van der Waals surface area (Å²) >= 11 is 9.23. The molecular formula is C10H10BrClN4O. The van der Waals surface area contributed by atoms with E-state index in [9.17, 15) is 0 Å². The lowest BCUT2D eigenvalue weighted by Crippen LogP contribution is -2.02. The van der Waals surface area contributed by atoms with Crippen LogP contribution in [0.4, 0.5) is 11.7 Å². The summed E-state index contributed by atoms with van der Waals surface area (Å²) in [7, 11) is 0. The molecule has 0 saturated heterocycles. The number of hydrogen-bond donors (Lipinski definition) is 2. The summed E-state index contributed by atoms with van der Waals surface area (Å²) in [6.45, 7) is 0.478. The van der Waals surface area contributed by atoms with Crippen LogP contribution in [0.25, 0.3) is 0 Å². The van der Waals surface area contributed by atoms with Crippen molar-refractivity contribution in [3.8, 4) is 0 Å². The predicted octanol–water partition coefficient (Wildman–Crippen LogP) is 2.73. The van der Waals surface area contributed by atoms with Crippen molar-refractivity contribution in [2.24, 2.45) is 5.73 Å². The van der Waals surface area contributed by atoms with Gasteiger partial charge in [-0.2, -0.15) is 0 Å². The molecule has 1 aromatic heterocycles. The summed E-state index contributed by atoms with van der Waals surface area (Å²) in [5, 5.41) is 11.3. The summed E-state index contributed by atoms with van der Waals surface area (Å²) in [4.78, 5) is 0. The molecule has 17 heavy (non-hydrogen) atoms. The lowest BCUT2D eigenvalue weighted by Gasteiger charge is -2.03. The minimum atomic E-state index is 0.330. The topological polar surface area (TPSA) is 77.0 Å². The number of nitrogens with zero attached hydrogens (tertiary/aromatic N) is 2. The van der Waals surface area contributed by atoms with Crippen LogP contribution < -0.4 is 11.1 Å². The lowest BCUT2D eigenvalue weighted by atomic mass is 10.3. The zero-order valence-corrected chi connectivity index (χ0v) is 11.1. The second-order valence-corrected chi connectivity index (χ2v) is 4.58. The van der Waals surface area contributed by atoms with E-state index in [4.69, 9.17) is 21.8 Å². The van der Waals surface area contributed by atoms with Gasteiger partial charge < -0.3 is 15.5 Å². The van der Waals surface area contributed by atoms with Gasteiger partial charge >= 0.3 is 6.01 Å². The van der Waals surface area contributed by atoms with Gasteiger partial charge in [-0.3, -0.25) is 0 Å². The lowest BCUT2D eigenvalue weighted by molar-refractivity contribution is 0.510. The van der Waals surface area contributed by atoms with Crippen LogP contribution in [0, 0.1) is 0 Å². The van der Waals surface area contributed by atoms with Gasteiger partial charge in [-0.25, -0.2) is 0 Å². The van der Waals surface area contributed by atoms with Crippen molar-refractivity contribution in [2.75, 3.05) is 11.9 Å². The highest BCUT2D eigenvalue weighted by Crippen LogP contribution is 2.28. The number of halogens is 2. The fourth-order valence-electron chi connectivity index (χ4n) is 1.23. The largest absolute Gasteiger partial charge is 0.408 e. The highest BCUT2D eigenvalue weighted by molar-refractivity contribution is 9.10. The quantitative estimate of drug-likeness (QED) is 0.906.